The van der Waals surface area contributed by atoms with Gasteiger partial charge in [-0.3, -0.25) is 0 Å². The van der Waals surface area contributed by atoms with Gasteiger partial charge >= 0.3 is 0 Å². The molecule has 0 saturated heterocycles. The van der Waals surface area contributed by atoms with E-state index in [0.717, 1.165) is 28.7 Å². The molecule has 0 aromatic heterocycles. The minimum Gasteiger partial charge on any atom is -0.373 e. The predicted octanol–water partition coefficient (Wildman–Crippen LogP) is 3.56. The molecule has 0 unspecified atom stereocenters. The summed E-state index contributed by atoms with van der Waals surface area (Å²) >= 11 is 3.39. The highest BCUT2D eigenvalue weighted by atomic mass is 79.9. The number of rotatable bonds is 4. The lowest BCUT2D eigenvalue weighted by atomic mass is 10.1. The topological polar surface area (TPSA) is 27.0 Å². The van der Waals surface area contributed by atoms with Gasteiger partial charge in [0.2, 0.25) is 0 Å². The third-order valence-corrected chi connectivity index (χ3v) is 3.02. The van der Waals surface area contributed by atoms with Gasteiger partial charge in [-0.15, -0.1) is 0 Å². The number of nitriles is 1. The molecule has 0 aliphatic rings. The third kappa shape index (κ3) is 2.97. The lowest BCUT2D eigenvalue weighted by molar-refractivity contribution is 0.766. The molecule has 0 amide bonds. The van der Waals surface area contributed by atoms with Gasteiger partial charge in [0.1, 0.15) is 6.07 Å². The number of anilines is 1. The van der Waals surface area contributed by atoms with E-state index >= 15 is 0 Å². The van der Waals surface area contributed by atoms with Gasteiger partial charge in [-0.1, -0.05) is 19.4 Å². The van der Waals surface area contributed by atoms with Gasteiger partial charge in [-0.25, -0.2) is 0 Å². The Labute approximate surface area is 99.6 Å². The Morgan fingerprint density at radius 3 is 2.80 bits per heavy atom. The van der Waals surface area contributed by atoms with E-state index in [2.05, 4.69) is 33.8 Å². The smallest absolute Gasteiger partial charge is 0.103 e. The van der Waals surface area contributed by atoms with Crippen molar-refractivity contribution in [3.8, 4) is 6.07 Å². The summed E-state index contributed by atoms with van der Waals surface area (Å²) in [4.78, 5) is 2.13. The quantitative estimate of drug-likeness (QED) is 0.834. The Hall–Kier alpha value is -1.01. The second-order valence-electron chi connectivity index (χ2n) is 3.52. The summed E-state index contributed by atoms with van der Waals surface area (Å²) in [6, 6.07) is 8.08. The average molecular weight is 267 g/mol. The average Bonchev–Trinajstić information content (AvgIpc) is 2.25. The molecule has 15 heavy (non-hydrogen) atoms. The highest BCUT2D eigenvalue weighted by Crippen LogP contribution is 2.26. The van der Waals surface area contributed by atoms with E-state index in [0.29, 0.717) is 0 Å². The second kappa shape index (κ2) is 5.77. The van der Waals surface area contributed by atoms with Crippen molar-refractivity contribution in [3.63, 3.8) is 0 Å². The van der Waals surface area contributed by atoms with E-state index in [-0.39, 0.29) is 0 Å². The number of benzene rings is 1. The summed E-state index contributed by atoms with van der Waals surface area (Å²) < 4.78 is 0.867. The monoisotopic (exact) mass is 266 g/mol. The first-order valence-electron chi connectivity index (χ1n) is 5.10. The largest absolute Gasteiger partial charge is 0.373 e. The van der Waals surface area contributed by atoms with E-state index in [1.54, 1.807) is 0 Å². The van der Waals surface area contributed by atoms with Gasteiger partial charge in [-0.2, -0.15) is 5.26 Å². The number of hydrogen-bond donors (Lipinski definition) is 0. The number of halogens is 1. The van der Waals surface area contributed by atoms with Crippen molar-refractivity contribution in [1.82, 2.24) is 0 Å². The lowest BCUT2D eigenvalue weighted by Crippen LogP contribution is -2.19. The zero-order valence-corrected chi connectivity index (χ0v) is 10.7. The Kier molecular flexibility index (Phi) is 4.64. The molecule has 0 aliphatic carbocycles. The molecule has 80 valence electrons. The summed E-state index contributed by atoms with van der Waals surface area (Å²) in [7, 11) is 2.03. The van der Waals surface area contributed by atoms with Crippen LogP contribution in [0.5, 0.6) is 0 Å². The molecule has 0 fully saturated rings. The van der Waals surface area contributed by atoms with E-state index in [9.17, 15) is 0 Å². The zero-order valence-electron chi connectivity index (χ0n) is 9.13. The molecule has 1 aromatic rings. The second-order valence-corrected chi connectivity index (χ2v) is 4.38. The van der Waals surface area contributed by atoms with Crippen LogP contribution < -0.4 is 4.90 Å². The molecule has 0 radical (unpaired) electrons. The summed E-state index contributed by atoms with van der Waals surface area (Å²) in [5.41, 5.74) is 1.72. The molecule has 1 aromatic carbocycles. The summed E-state index contributed by atoms with van der Waals surface area (Å²) in [5, 5.41) is 9.07. The first kappa shape index (κ1) is 12.1. The van der Waals surface area contributed by atoms with Crippen molar-refractivity contribution in [2.45, 2.75) is 19.8 Å². The van der Waals surface area contributed by atoms with Crippen LogP contribution in [0.1, 0.15) is 25.3 Å². The standard InChI is InChI=1S/C12H15BrN2/c1-3-4-8-15(2)12-7-5-6-11(13)10(12)9-14/h5-7H,3-4,8H2,1-2H3. The number of nitrogens with zero attached hydrogens (tertiary/aromatic N) is 2. The van der Waals surface area contributed by atoms with Crippen LogP contribution in [0.4, 0.5) is 5.69 Å². The van der Waals surface area contributed by atoms with E-state index in [1.807, 2.05) is 25.2 Å². The van der Waals surface area contributed by atoms with Crippen molar-refractivity contribution in [1.29, 1.82) is 5.26 Å². The molecular formula is C12H15BrN2. The van der Waals surface area contributed by atoms with E-state index in [4.69, 9.17) is 5.26 Å². The fourth-order valence-corrected chi connectivity index (χ4v) is 1.90. The third-order valence-electron chi connectivity index (χ3n) is 2.36. The molecule has 3 heteroatoms. The van der Waals surface area contributed by atoms with E-state index in [1.165, 1.54) is 6.42 Å². The molecule has 0 spiro atoms. The van der Waals surface area contributed by atoms with Gasteiger partial charge in [0.25, 0.3) is 0 Å². The van der Waals surface area contributed by atoms with Crippen LogP contribution in [0.2, 0.25) is 0 Å². The van der Waals surface area contributed by atoms with Crippen molar-refractivity contribution in [2.24, 2.45) is 0 Å². The first-order chi connectivity index (χ1) is 7.20. The summed E-state index contributed by atoms with van der Waals surface area (Å²) in [6.45, 7) is 3.15. The van der Waals surface area contributed by atoms with Crippen LogP contribution in [0.25, 0.3) is 0 Å². The Morgan fingerprint density at radius 1 is 1.47 bits per heavy atom. The maximum atomic E-state index is 9.07. The van der Waals surface area contributed by atoms with Gasteiger partial charge in [-0.05, 0) is 34.5 Å². The summed E-state index contributed by atoms with van der Waals surface area (Å²) in [6.07, 6.45) is 2.31. The number of hydrogen-bond acceptors (Lipinski definition) is 2. The lowest BCUT2D eigenvalue weighted by Gasteiger charge is -2.20. The normalized spacial score (nSPS) is 9.73. The molecule has 0 N–H and O–H groups in total. The van der Waals surface area contributed by atoms with Crippen LogP contribution in [-0.4, -0.2) is 13.6 Å². The van der Waals surface area contributed by atoms with Crippen LogP contribution >= 0.6 is 15.9 Å². The highest BCUT2D eigenvalue weighted by Gasteiger charge is 2.09. The van der Waals surface area contributed by atoms with Crippen LogP contribution in [0.15, 0.2) is 22.7 Å². The minimum absolute atomic E-state index is 0.719. The van der Waals surface area contributed by atoms with Crippen LogP contribution in [-0.2, 0) is 0 Å². The van der Waals surface area contributed by atoms with Crippen LogP contribution in [0.3, 0.4) is 0 Å². The highest BCUT2D eigenvalue weighted by molar-refractivity contribution is 9.10. The minimum atomic E-state index is 0.719. The number of unbranched alkanes of at least 4 members (excludes halogenated alkanes) is 1. The molecule has 0 bridgehead atoms. The van der Waals surface area contributed by atoms with Gasteiger partial charge in [0.05, 0.1) is 11.3 Å². The van der Waals surface area contributed by atoms with Crippen LogP contribution in [0, 0.1) is 11.3 Å². The van der Waals surface area contributed by atoms with Gasteiger partial charge in [0, 0.05) is 18.1 Å². The Morgan fingerprint density at radius 2 is 2.20 bits per heavy atom. The van der Waals surface area contributed by atoms with Crippen molar-refractivity contribution in [3.05, 3.63) is 28.2 Å². The van der Waals surface area contributed by atoms with Crippen molar-refractivity contribution in [2.75, 3.05) is 18.5 Å². The molecular weight excluding hydrogens is 252 g/mol. The molecule has 0 atom stereocenters. The Bertz CT molecular complexity index is 368. The molecule has 2 nitrogen and oxygen atoms in total. The summed E-state index contributed by atoms with van der Waals surface area (Å²) in [5.74, 6) is 0. The van der Waals surface area contributed by atoms with E-state index < -0.39 is 0 Å². The molecule has 0 heterocycles. The van der Waals surface area contributed by atoms with Gasteiger partial charge in [0.15, 0.2) is 0 Å². The SMILES string of the molecule is CCCCN(C)c1cccc(Br)c1C#N. The molecule has 0 saturated carbocycles. The Balaban J connectivity index is 2.93. The fraction of sp³-hybridized carbons (Fsp3) is 0.417. The maximum absolute atomic E-state index is 9.07. The molecule has 0 aliphatic heterocycles. The zero-order chi connectivity index (χ0) is 11.3. The molecule has 1 rings (SSSR count). The fourth-order valence-electron chi connectivity index (χ4n) is 1.46. The van der Waals surface area contributed by atoms with Crippen molar-refractivity contribution >= 4 is 21.6 Å². The predicted molar refractivity (Wildman–Crippen MR) is 67.0 cm³/mol. The van der Waals surface area contributed by atoms with Crippen molar-refractivity contribution < 1.29 is 0 Å². The first-order valence-corrected chi connectivity index (χ1v) is 5.89. The maximum Gasteiger partial charge on any atom is 0.103 e. The van der Waals surface area contributed by atoms with Gasteiger partial charge < -0.3 is 4.90 Å².